The molecule has 6 heteroatoms. The number of nitrogens with one attached hydrogen (secondary N) is 1. The molecule has 1 aromatic rings. The van der Waals surface area contributed by atoms with Gasteiger partial charge in [-0.3, -0.25) is 0 Å². The van der Waals surface area contributed by atoms with Crippen LogP contribution in [-0.2, 0) is 16.4 Å². The van der Waals surface area contributed by atoms with Crippen molar-refractivity contribution in [1.82, 2.24) is 9.62 Å². The van der Waals surface area contributed by atoms with Crippen LogP contribution in [0, 0.1) is 11.3 Å². The number of benzene rings is 1. The Morgan fingerprint density at radius 2 is 1.90 bits per heavy atom. The predicted octanol–water partition coefficient (Wildman–Crippen LogP) is 1.13. The van der Waals surface area contributed by atoms with Crippen LogP contribution in [0.3, 0.4) is 0 Å². The van der Waals surface area contributed by atoms with E-state index in [1.807, 2.05) is 13.1 Å². The summed E-state index contributed by atoms with van der Waals surface area (Å²) in [5.41, 5.74) is 0.825. The van der Waals surface area contributed by atoms with Gasteiger partial charge >= 0.3 is 0 Å². The van der Waals surface area contributed by atoms with E-state index in [1.165, 1.54) is 0 Å². The van der Waals surface area contributed by atoms with Gasteiger partial charge in [-0.05, 0) is 50.7 Å². The molecule has 1 saturated heterocycles. The Balaban J connectivity index is 2.04. The summed E-state index contributed by atoms with van der Waals surface area (Å²) in [6.45, 7) is 1.82. The molecule has 0 atom stereocenters. The van der Waals surface area contributed by atoms with Crippen LogP contribution in [0.2, 0.25) is 0 Å². The summed E-state index contributed by atoms with van der Waals surface area (Å²) in [5.74, 6) is 0. The molecule has 5 nitrogen and oxygen atoms in total. The quantitative estimate of drug-likeness (QED) is 0.903. The molecule has 0 radical (unpaired) electrons. The van der Waals surface area contributed by atoms with Crippen molar-refractivity contribution in [2.24, 2.45) is 0 Å². The Morgan fingerprint density at radius 3 is 2.45 bits per heavy atom. The molecule has 1 N–H and O–H groups in total. The van der Waals surface area contributed by atoms with E-state index in [0.717, 1.165) is 31.5 Å². The molecule has 0 spiro atoms. The summed E-state index contributed by atoms with van der Waals surface area (Å²) in [6.07, 6.45) is 1.97. The Morgan fingerprint density at radius 1 is 1.30 bits per heavy atom. The molecule has 0 saturated carbocycles. The van der Waals surface area contributed by atoms with Crippen molar-refractivity contribution < 1.29 is 8.42 Å². The lowest BCUT2D eigenvalue weighted by atomic mass is 10.1. The lowest BCUT2D eigenvalue weighted by Gasteiger charge is -2.29. The number of rotatable bonds is 4. The van der Waals surface area contributed by atoms with Crippen molar-refractivity contribution in [2.75, 3.05) is 20.1 Å². The molecule has 1 heterocycles. The third-order valence-electron chi connectivity index (χ3n) is 3.56. The summed E-state index contributed by atoms with van der Waals surface area (Å²) >= 11 is 0. The fraction of sp³-hybridized carbons (Fsp3) is 0.500. The van der Waals surface area contributed by atoms with E-state index >= 15 is 0 Å². The third kappa shape index (κ3) is 3.79. The minimum absolute atomic E-state index is 0.00925. The van der Waals surface area contributed by atoms with Crippen molar-refractivity contribution in [2.45, 2.75) is 30.2 Å². The maximum absolute atomic E-state index is 12.3. The SMILES string of the molecule is CN1CCC(NS(=O)(=O)c2ccc(CC#N)cc2)CC1. The van der Waals surface area contributed by atoms with Gasteiger partial charge in [-0.15, -0.1) is 0 Å². The number of nitrogens with zero attached hydrogens (tertiary/aromatic N) is 2. The highest BCUT2D eigenvalue weighted by molar-refractivity contribution is 7.89. The van der Waals surface area contributed by atoms with Gasteiger partial charge in [0.2, 0.25) is 10.0 Å². The van der Waals surface area contributed by atoms with Crippen LogP contribution >= 0.6 is 0 Å². The standard InChI is InChI=1S/C14H19N3O2S/c1-17-10-7-13(8-11-17)16-20(18,19)14-4-2-12(3-5-14)6-9-15/h2-5,13,16H,6-8,10-11H2,1H3. The van der Waals surface area contributed by atoms with Crippen molar-refractivity contribution in [3.8, 4) is 6.07 Å². The molecule has 0 amide bonds. The van der Waals surface area contributed by atoms with Crippen molar-refractivity contribution >= 4 is 10.0 Å². The fourth-order valence-electron chi connectivity index (χ4n) is 2.29. The maximum atomic E-state index is 12.3. The monoisotopic (exact) mass is 293 g/mol. The fourth-order valence-corrected chi connectivity index (χ4v) is 3.60. The Hall–Kier alpha value is -1.42. The topological polar surface area (TPSA) is 73.2 Å². The normalized spacial score (nSPS) is 17.8. The number of hydrogen-bond donors (Lipinski definition) is 1. The molecule has 1 fully saturated rings. The van der Waals surface area contributed by atoms with Gasteiger partial charge in [0.15, 0.2) is 0 Å². The van der Waals surface area contributed by atoms with Crippen molar-refractivity contribution in [3.63, 3.8) is 0 Å². The van der Waals surface area contributed by atoms with Crippen LogP contribution in [0.1, 0.15) is 18.4 Å². The van der Waals surface area contributed by atoms with Crippen LogP contribution in [0.4, 0.5) is 0 Å². The maximum Gasteiger partial charge on any atom is 0.240 e. The number of likely N-dealkylation sites (tertiary alicyclic amines) is 1. The first-order valence-corrected chi connectivity index (χ1v) is 8.16. The van der Waals surface area contributed by atoms with Gasteiger partial charge in [0.05, 0.1) is 17.4 Å². The molecule has 0 aliphatic carbocycles. The van der Waals surface area contributed by atoms with Gasteiger partial charge in [-0.25, -0.2) is 13.1 Å². The van der Waals surface area contributed by atoms with Gasteiger partial charge in [0.1, 0.15) is 0 Å². The number of sulfonamides is 1. The zero-order valence-electron chi connectivity index (χ0n) is 11.5. The second kappa shape index (κ2) is 6.35. The first kappa shape index (κ1) is 15.0. The summed E-state index contributed by atoms with van der Waals surface area (Å²) in [6, 6.07) is 8.54. The van der Waals surface area contributed by atoms with Gasteiger partial charge in [-0.1, -0.05) is 12.1 Å². The minimum Gasteiger partial charge on any atom is -0.306 e. The third-order valence-corrected chi connectivity index (χ3v) is 5.09. The second-order valence-electron chi connectivity index (χ2n) is 5.18. The van der Waals surface area contributed by atoms with Crippen molar-refractivity contribution in [3.05, 3.63) is 29.8 Å². The minimum atomic E-state index is -3.46. The molecule has 2 rings (SSSR count). The average molecular weight is 293 g/mol. The van der Waals surface area contributed by atoms with Crippen LogP contribution in [0.25, 0.3) is 0 Å². The van der Waals surface area contributed by atoms with E-state index in [9.17, 15) is 8.42 Å². The zero-order chi connectivity index (χ0) is 14.6. The van der Waals surface area contributed by atoms with Crippen LogP contribution in [0.5, 0.6) is 0 Å². The Kier molecular flexibility index (Phi) is 4.76. The average Bonchev–Trinajstić information content (AvgIpc) is 2.42. The summed E-state index contributed by atoms with van der Waals surface area (Å²) in [5, 5.41) is 8.60. The van der Waals surface area contributed by atoms with Crippen LogP contribution < -0.4 is 4.72 Å². The van der Waals surface area contributed by atoms with Gasteiger partial charge < -0.3 is 4.90 Å². The van der Waals surface area contributed by atoms with E-state index in [-0.39, 0.29) is 10.9 Å². The summed E-state index contributed by atoms with van der Waals surface area (Å²) < 4.78 is 27.3. The summed E-state index contributed by atoms with van der Waals surface area (Å²) in [7, 11) is -1.42. The molecular formula is C14H19N3O2S. The molecule has 108 valence electrons. The molecule has 1 aliphatic heterocycles. The van der Waals surface area contributed by atoms with E-state index in [4.69, 9.17) is 5.26 Å². The highest BCUT2D eigenvalue weighted by Gasteiger charge is 2.23. The first-order chi connectivity index (χ1) is 9.51. The van der Waals surface area contributed by atoms with Crippen LogP contribution in [0.15, 0.2) is 29.2 Å². The zero-order valence-corrected chi connectivity index (χ0v) is 12.4. The van der Waals surface area contributed by atoms with E-state index in [1.54, 1.807) is 24.3 Å². The van der Waals surface area contributed by atoms with E-state index in [0.29, 0.717) is 6.42 Å². The van der Waals surface area contributed by atoms with Crippen molar-refractivity contribution in [1.29, 1.82) is 5.26 Å². The molecule has 1 aliphatic rings. The summed E-state index contributed by atoms with van der Waals surface area (Å²) in [4.78, 5) is 2.46. The number of hydrogen-bond acceptors (Lipinski definition) is 4. The lowest BCUT2D eigenvalue weighted by molar-refractivity contribution is 0.248. The Bertz CT molecular complexity index is 582. The molecule has 20 heavy (non-hydrogen) atoms. The van der Waals surface area contributed by atoms with E-state index < -0.39 is 10.0 Å². The number of piperidine rings is 1. The molecule has 1 aromatic carbocycles. The molecular weight excluding hydrogens is 274 g/mol. The number of nitriles is 1. The van der Waals surface area contributed by atoms with Gasteiger partial charge in [-0.2, -0.15) is 5.26 Å². The molecule has 0 aromatic heterocycles. The molecule has 0 unspecified atom stereocenters. The largest absolute Gasteiger partial charge is 0.306 e. The lowest BCUT2D eigenvalue weighted by Crippen LogP contribution is -2.43. The highest BCUT2D eigenvalue weighted by atomic mass is 32.2. The Labute approximate surface area is 120 Å². The highest BCUT2D eigenvalue weighted by Crippen LogP contribution is 2.15. The first-order valence-electron chi connectivity index (χ1n) is 6.68. The predicted molar refractivity (Wildman–Crippen MR) is 76.6 cm³/mol. The van der Waals surface area contributed by atoms with E-state index in [2.05, 4.69) is 9.62 Å². The molecule has 0 bridgehead atoms. The van der Waals surface area contributed by atoms with Gasteiger partial charge in [0.25, 0.3) is 0 Å². The smallest absolute Gasteiger partial charge is 0.240 e. The van der Waals surface area contributed by atoms with Crippen LogP contribution in [-0.4, -0.2) is 39.5 Å². The van der Waals surface area contributed by atoms with Gasteiger partial charge in [0, 0.05) is 6.04 Å². The second-order valence-corrected chi connectivity index (χ2v) is 6.89.